The molecule has 1 heterocycles. The molecule has 0 aliphatic carbocycles. The fraction of sp³-hybridized carbons (Fsp3) is 0.417. The van der Waals surface area contributed by atoms with Gasteiger partial charge in [-0.3, -0.25) is 4.79 Å². The quantitative estimate of drug-likeness (QED) is 0.788. The lowest BCUT2D eigenvalue weighted by molar-refractivity contribution is -0.139. The van der Waals surface area contributed by atoms with Crippen LogP contribution in [0.4, 0.5) is 0 Å². The van der Waals surface area contributed by atoms with E-state index in [4.69, 9.17) is 19.3 Å². The lowest BCUT2D eigenvalue weighted by Crippen LogP contribution is -2.16. The van der Waals surface area contributed by atoms with Crippen molar-refractivity contribution in [1.29, 1.82) is 0 Å². The number of carboxylic acids is 1. The monoisotopic (exact) mass is 254 g/mol. The molecule has 1 aliphatic rings. The second-order valence-corrected chi connectivity index (χ2v) is 3.90. The molecule has 0 saturated carbocycles. The van der Waals surface area contributed by atoms with Crippen LogP contribution < -0.4 is 14.2 Å². The van der Waals surface area contributed by atoms with E-state index >= 15 is 0 Å². The lowest BCUT2D eigenvalue weighted by atomic mass is 10.2. The molecule has 1 aliphatic heterocycles. The largest absolute Gasteiger partial charge is 0.493 e. The predicted molar refractivity (Wildman–Crippen MR) is 60.9 cm³/mol. The lowest BCUT2D eigenvalue weighted by Gasteiger charge is -2.10. The van der Waals surface area contributed by atoms with Crippen LogP contribution in [0.2, 0.25) is 0 Å². The van der Waals surface area contributed by atoms with Crippen molar-refractivity contribution in [2.24, 2.45) is 0 Å². The van der Waals surface area contributed by atoms with Crippen molar-refractivity contribution in [3.05, 3.63) is 18.2 Å². The zero-order chi connectivity index (χ0) is 13.0. The van der Waals surface area contributed by atoms with Crippen LogP contribution in [0.25, 0.3) is 0 Å². The third kappa shape index (κ3) is 3.27. The van der Waals surface area contributed by atoms with Gasteiger partial charge in [0.25, 0.3) is 0 Å². The van der Waals surface area contributed by atoms with Gasteiger partial charge in [-0.05, 0) is 12.1 Å². The molecule has 1 aromatic rings. The summed E-state index contributed by atoms with van der Waals surface area (Å²) in [5, 5.41) is 17.8. The Balaban J connectivity index is 1.78. The first-order valence-electron chi connectivity index (χ1n) is 5.57. The van der Waals surface area contributed by atoms with Gasteiger partial charge in [-0.15, -0.1) is 0 Å². The topological polar surface area (TPSA) is 85.2 Å². The summed E-state index contributed by atoms with van der Waals surface area (Å²) in [6.45, 7) is 0.449. The zero-order valence-corrected chi connectivity index (χ0v) is 9.67. The summed E-state index contributed by atoms with van der Waals surface area (Å²) in [4.78, 5) is 10.3. The number of aliphatic carboxylic acids is 1. The third-order valence-electron chi connectivity index (χ3n) is 2.47. The second-order valence-electron chi connectivity index (χ2n) is 3.90. The van der Waals surface area contributed by atoms with Crippen LogP contribution in [-0.2, 0) is 4.79 Å². The van der Waals surface area contributed by atoms with E-state index in [9.17, 15) is 9.90 Å². The molecule has 0 spiro atoms. The average Bonchev–Trinajstić information content (AvgIpc) is 2.75. The van der Waals surface area contributed by atoms with Crippen LogP contribution in [0, 0.1) is 0 Å². The maximum atomic E-state index is 10.3. The van der Waals surface area contributed by atoms with E-state index in [2.05, 4.69) is 0 Å². The normalized spacial score (nSPS) is 14.3. The molecule has 1 aromatic carbocycles. The molecule has 0 amide bonds. The van der Waals surface area contributed by atoms with Crippen LogP contribution in [0.15, 0.2) is 18.2 Å². The molecule has 18 heavy (non-hydrogen) atoms. The summed E-state index contributed by atoms with van der Waals surface area (Å²) in [5.74, 6) is 0.874. The first-order valence-corrected chi connectivity index (χ1v) is 5.57. The Labute approximate surface area is 104 Å². The molecule has 2 rings (SSSR count). The first kappa shape index (κ1) is 12.5. The molecule has 2 N–H and O–H groups in total. The van der Waals surface area contributed by atoms with E-state index < -0.39 is 12.1 Å². The third-order valence-corrected chi connectivity index (χ3v) is 2.47. The van der Waals surface area contributed by atoms with Gasteiger partial charge in [0.1, 0.15) is 5.75 Å². The maximum absolute atomic E-state index is 10.3. The molecule has 0 saturated heterocycles. The molecular weight excluding hydrogens is 240 g/mol. The highest BCUT2D eigenvalue weighted by Gasteiger charge is 2.14. The van der Waals surface area contributed by atoms with Crippen LogP contribution >= 0.6 is 0 Å². The van der Waals surface area contributed by atoms with E-state index in [0.29, 0.717) is 17.2 Å². The van der Waals surface area contributed by atoms with Gasteiger partial charge in [0, 0.05) is 12.5 Å². The van der Waals surface area contributed by atoms with Gasteiger partial charge in [-0.25, -0.2) is 0 Å². The minimum Gasteiger partial charge on any atom is -0.493 e. The highest BCUT2D eigenvalue weighted by Crippen LogP contribution is 2.35. The molecule has 6 heteroatoms. The smallest absolute Gasteiger partial charge is 0.305 e. The summed E-state index contributed by atoms with van der Waals surface area (Å²) in [6.07, 6.45) is -0.901. The summed E-state index contributed by atoms with van der Waals surface area (Å²) in [7, 11) is 0. The number of carbonyl (C=O) groups is 1. The Morgan fingerprint density at radius 3 is 2.94 bits per heavy atom. The van der Waals surface area contributed by atoms with Crippen molar-refractivity contribution in [2.45, 2.75) is 18.9 Å². The number of hydrogen-bond donors (Lipinski definition) is 2. The molecule has 6 nitrogen and oxygen atoms in total. The van der Waals surface area contributed by atoms with Gasteiger partial charge in [0.05, 0.1) is 19.1 Å². The number of fused-ring (bicyclic) bond motifs is 1. The number of ether oxygens (including phenoxy) is 3. The van der Waals surface area contributed by atoms with Gasteiger partial charge in [-0.1, -0.05) is 0 Å². The standard InChI is InChI=1S/C12H14O6/c13-8(5-12(14)15)3-4-16-9-1-2-10-11(6-9)18-7-17-10/h1-2,6,8,13H,3-5,7H2,(H,14,15). The van der Waals surface area contributed by atoms with E-state index in [1.165, 1.54) is 0 Å². The van der Waals surface area contributed by atoms with Gasteiger partial charge >= 0.3 is 5.97 Å². The van der Waals surface area contributed by atoms with Crippen LogP contribution in [-0.4, -0.2) is 35.7 Å². The number of rotatable bonds is 6. The molecule has 98 valence electrons. The predicted octanol–water partition coefficient (Wildman–Crippen LogP) is 1.02. The molecule has 1 unspecified atom stereocenters. The van der Waals surface area contributed by atoms with E-state index in [1.807, 2.05) is 0 Å². The van der Waals surface area contributed by atoms with Crippen molar-refractivity contribution < 1.29 is 29.2 Å². The fourth-order valence-electron chi connectivity index (χ4n) is 1.58. The van der Waals surface area contributed by atoms with Crippen molar-refractivity contribution >= 4 is 5.97 Å². The van der Waals surface area contributed by atoms with Gasteiger partial charge in [-0.2, -0.15) is 0 Å². The maximum Gasteiger partial charge on any atom is 0.305 e. The molecule has 1 atom stereocenters. The van der Waals surface area contributed by atoms with E-state index in [0.717, 1.165) is 0 Å². The second kappa shape index (κ2) is 5.59. The minimum absolute atomic E-state index is 0.204. The van der Waals surface area contributed by atoms with E-state index in [-0.39, 0.29) is 26.2 Å². The first-order chi connectivity index (χ1) is 8.65. The Hall–Kier alpha value is -1.95. The van der Waals surface area contributed by atoms with Crippen molar-refractivity contribution in [3.8, 4) is 17.2 Å². The SMILES string of the molecule is O=C(O)CC(O)CCOc1ccc2c(c1)OCO2. The molecule has 0 aromatic heterocycles. The number of aliphatic hydroxyl groups is 1. The average molecular weight is 254 g/mol. The van der Waals surface area contributed by atoms with Gasteiger partial charge < -0.3 is 24.4 Å². The van der Waals surface area contributed by atoms with Gasteiger partial charge in [0.2, 0.25) is 6.79 Å². The van der Waals surface area contributed by atoms with E-state index in [1.54, 1.807) is 18.2 Å². The highest BCUT2D eigenvalue weighted by molar-refractivity contribution is 5.67. The minimum atomic E-state index is -1.02. The summed E-state index contributed by atoms with van der Waals surface area (Å²) in [5.41, 5.74) is 0. The number of hydrogen-bond acceptors (Lipinski definition) is 5. The molecule has 0 fully saturated rings. The van der Waals surface area contributed by atoms with Crippen LogP contribution in [0.3, 0.4) is 0 Å². The summed E-state index contributed by atoms with van der Waals surface area (Å²) < 4.78 is 15.7. The van der Waals surface area contributed by atoms with Crippen LogP contribution in [0.1, 0.15) is 12.8 Å². The number of benzene rings is 1. The number of carboxylic acid groups (broad SMARTS) is 1. The van der Waals surface area contributed by atoms with Crippen LogP contribution in [0.5, 0.6) is 17.2 Å². The van der Waals surface area contributed by atoms with Crippen molar-refractivity contribution in [2.75, 3.05) is 13.4 Å². The summed E-state index contributed by atoms with van der Waals surface area (Å²) >= 11 is 0. The summed E-state index contributed by atoms with van der Waals surface area (Å²) in [6, 6.07) is 5.17. The zero-order valence-electron chi connectivity index (χ0n) is 9.67. The Bertz CT molecular complexity index is 431. The molecular formula is C12H14O6. The Kier molecular flexibility index (Phi) is 3.88. The van der Waals surface area contributed by atoms with Gasteiger partial charge in [0.15, 0.2) is 11.5 Å². The number of aliphatic hydroxyl groups excluding tert-OH is 1. The highest BCUT2D eigenvalue weighted by atomic mass is 16.7. The molecule has 0 bridgehead atoms. The van der Waals surface area contributed by atoms with Crippen molar-refractivity contribution in [3.63, 3.8) is 0 Å². The fourth-order valence-corrected chi connectivity index (χ4v) is 1.58. The Morgan fingerprint density at radius 2 is 2.17 bits per heavy atom. The van der Waals surface area contributed by atoms with Crippen molar-refractivity contribution in [1.82, 2.24) is 0 Å². The Morgan fingerprint density at radius 1 is 1.39 bits per heavy atom. The molecule has 0 radical (unpaired) electrons.